The summed E-state index contributed by atoms with van der Waals surface area (Å²) in [7, 11) is 0. The van der Waals surface area contributed by atoms with Crippen LogP contribution < -0.4 is 18.9 Å². The second-order valence-corrected chi connectivity index (χ2v) is 0. The topological polar surface area (TPSA) is 0 Å². The molecule has 0 N–H and O–H groups in total. The van der Waals surface area contributed by atoms with Crippen molar-refractivity contribution in [2.24, 2.45) is 0 Å². The molecule has 0 aromatic heterocycles. The second kappa shape index (κ2) is 63.8. The zero-order valence-corrected chi connectivity index (χ0v) is 2.52. The van der Waals surface area contributed by atoms with Gasteiger partial charge < -0.3 is 0 Å². The molecule has 4 heteroatoms. The molecule has 0 aromatic carbocycles. The van der Waals surface area contributed by atoms with E-state index in [4.69, 9.17) is 0 Å². The summed E-state index contributed by atoms with van der Waals surface area (Å²) in [6.45, 7) is 0. The standard InChI is InChI=1S/Be.2FH.Li/h;2*1H;/q+2;;;+1. The van der Waals surface area contributed by atoms with E-state index in [1.807, 2.05) is 0 Å². The largest absolute Gasteiger partial charge is 2.00 e. The summed E-state index contributed by atoms with van der Waals surface area (Å²) >= 11 is 0. The molecule has 0 heterocycles. The molecule has 0 amide bonds. The van der Waals surface area contributed by atoms with Crippen molar-refractivity contribution in [3.63, 3.8) is 0 Å². The zero-order chi connectivity index (χ0) is 0. The predicted molar refractivity (Wildman–Crippen MR) is 10.8 cm³/mol. The van der Waals surface area contributed by atoms with E-state index in [0.29, 0.717) is 0 Å². The molecule has 0 saturated carbocycles. The number of rotatable bonds is 0. The molecular weight excluding hydrogens is 53.9 g/mol. The van der Waals surface area contributed by atoms with Crippen molar-refractivity contribution in [2.75, 3.05) is 0 Å². The molecule has 0 rings (SSSR count). The van der Waals surface area contributed by atoms with Gasteiger partial charge in [0.25, 0.3) is 0 Å². The van der Waals surface area contributed by atoms with Crippen LogP contribution in [0.3, 0.4) is 0 Å². The molecule has 0 aliphatic carbocycles. The zero-order valence-electron chi connectivity index (χ0n) is 2.52. The van der Waals surface area contributed by atoms with Crippen molar-refractivity contribution < 1.29 is 28.3 Å². The minimum atomic E-state index is 0. The van der Waals surface area contributed by atoms with Gasteiger partial charge in [-0.1, -0.05) is 0 Å². The van der Waals surface area contributed by atoms with E-state index in [1.165, 1.54) is 0 Å². The maximum absolute atomic E-state index is 0. The van der Waals surface area contributed by atoms with Gasteiger partial charge in [-0.25, -0.2) is 0 Å². The third-order valence-electron chi connectivity index (χ3n) is 0. The molecule has 0 unspecified atom stereocenters. The van der Waals surface area contributed by atoms with Gasteiger partial charge in [-0.3, -0.25) is 9.41 Å². The first-order chi connectivity index (χ1) is 0. The Morgan fingerprint density at radius 3 is 0.750 bits per heavy atom. The summed E-state index contributed by atoms with van der Waals surface area (Å²) < 4.78 is 0. The number of hydrogen-bond donors (Lipinski definition) is 0. The molecule has 0 saturated heterocycles. The van der Waals surface area contributed by atoms with E-state index < -0.39 is 0 Å². The molecule has 0 bridgehead atoms. The third kappa shape index (κ3) is 17.7. The Morgan fingerprint density at radius 1 is 0.750 bits per heavy atom. The Hall–Kier alpha value is 0.626. The van der Waals surface area contributed by atoms with Crippen LogP contribution in [0.2, 0.25) is 0 Å². The molecule has 0 aromatic rings. The van der Waals surface area contributed by atoms with Gasteiger partial charge in [0.15, 0.2) is 0 Å². The van der Waals surface area contributed by atoms with Crippen LogP contribution in [0.4, 0.5) is 9.41 Å². The van der Waals surface area contributed by atoms with Crippen LogP contribution >= 0.6 is 0 Å². The van der Waals surface area contributed by atoms with Crippen LogP contribution in [0.15, 0.2) is 0 Å². The summed E-state index contributed by atoms with van der Waals surface area (Å²) in [5, 5.41) is 0. The average molecular weight is 56.0 g/mol. The van der Waals surface area contributed by atoms with E-state index in [-0.39, 0.29) is 38.4 Å². The normalized spacial score (nSPS) is 0. The fourth-order valence-electron chi connectivity index (χ4n) is 0. The van der Waals surface area contributed by atoms with Gasteiger partial charge in [0, 0.05) is 0 Å². The van der Waals surface area contributed by atoms with Crippen LogP contribution in [0.25, 0.3) is 0 Å². The molecule has 0 atom stereocenters. The molecule has 4 heavy (non-hydrogen) atoms. The Morgan fingerprint density at radius 2 is 0.750 bits per heavy atom. The van der Waals surface area contributed by atoms with Crippen LogP contribution in [-0.4, -0.2) is 10.1 Å². The van der Waals surface area contributed by atoms with E-state index in [1.54, 1.807) is 0 Å². The molecule has 0 fully saturated rings. The van der Waals surface area contributed by atoms with Crippen LogP contribution in [-0.2, 0) is 0 Å². The summed E-state index contributed by atoms with van der Waals surface area (Å²) in [5.74, 6) is 0. The third-order valence-corrected chi connectivity index (χ3v) is 0. The van der Waals surface area contributed by atoms with Crippen molar-refractivity contribution in [1.82, 2.24) is 0 Å². The van der Waals surface area contributed by atoms with E-state index >= 15 is 0 Å². The second-order valence-electron chi connectivity index (χ2n) is 0. The van der Waals surface area contributed by atoms with Gasteiger partial charge in [-0.2, -0.15) is 0 Å². The van der Waals surface area contributed by atoms with E-state index in [0.717, 1.165) is 0 Å². The fraction of sp³-hybridized carbons (Fsp3) is 0. The molecule has 0 nitrogen and oxygen atoms in total. The number of hydrogen-bond acceptors (Lipinski definition) is 0. The van der Waals surface area contributed by atoms with Gasteiger partial charge >= 0.3 is 29.0 Å². The van der Waals surface area contributed by atoms with Crippen molar-refractivity contribution in [2.45, 2.75) is 0 Å². The SMILES string of the molecule is F.F.[Be+2].[Li+]. The minimum Gasteiger partial charge on any atom is -0.269 e. The first-order valence-corrected chi connectivity index (χ1v) is 0. The summed E-state index contributed by atoms with van der Waals surface area (Å²) in [6.07, 6.45) is 0. The summed E-state index contributed by atoms with van der Waals surface area (Å²) in [6, 6.07) is 0. The fourth-order valence-corrected chi connectivity index (χ4v) is 0. The predicted octanol–water partition coefficient (Wildman–Crippen LogP) is -3.07. The first-order valence-electron chi connectivity index (χ1n) is 0. The molecule has 0 spiro atoms. The van der Waals surface area contributed by atoms with Gasteiger partial charge in [0.2, 0.25) is 0 Å². The van der Waals surface area contributed by atoms with Crippen molar-refractivity contribution in [3.8, 4) is 0 Å². The molecule has 16 valence electrons. The molecular formula is H2BeF2Li+3. The monoisotopic (exact) mass is 56.0 g/mol. The Labute approximate surface area is 39.1 Å². The molecule has 0 aliphatic rings. The van der Waals surface area contributed by atoms with Gasteiger partial charge in [-0.05, 0) is 0 Å². The maximum Gasteiger partial charge on any atom is 2.00 e. The Kier molecular flexibility index (Phi) is 2470. The van der Waals surface area contributed by atoms with Crippen LogP contribution in [0.1, 0.15) is 0 Å². The Bertz CT molecular complexity index is 6.00. The van der Waals surface area contributed by atoms with Gasteiger partial charge in [0.05, 0.1) is 0 Å². The van der Waals surface area contributed by atoms with Gasteiger partial charge in [0.1, 0.15) is 0 Å². The van der Waals surface area contributed by atoms with Crippen LogP contribution in [0, 0.1) is 0 Å². The van der Waals surface area contributed by atoms with Crippen molar-refractivity contribution in [1.29, 1.82) is 0 Å². The van der Waals surface area contributed by atoms with Gasteiger partial charge in [-0.15, -0.1) is 0 Å². The van der Waals surface area contributed by atoms with Crippen LogP contribution in [0.5, 0.6) is 0 Å². The van der Waals surface area contributed by atoms with E-state index in [2.05, 4.69) is 0 Å². The van der Waals surface area contributed by atoms with E-state index in [9.17, 15) is 0 Å². The molecule has 0 radical (unpaired) electrons. The van der Waals surface area contributed by atoms with Crippen molar-refractivity contribution >= 4 is 10.1 Å². The minimum absolute atomic E-state index is 0. The average Bonchev–Trinajstić information content (AvgIpc) is 0. The summed E-state index contributed by atoms with van der Waals surface area (Å²) in [5.41, 5.74) is 0. The maximum atomic E-state index is 0. The quantitative estimate of drug-likeness (QED) is 0.258. The summed E-state index contributed by atoms with van der Waals surface area (Å²) in [4.78, 5) is 0. The number of halogens is 2. The first kappa shape index (κ1) is 155. The molecule has 0 aliphatic heterocycles. The smallest absolute Gasteiger partial charge is 0.269 e. The van der Waals surface area contributed by atoms with Crippen molar-refractivity contribution in [3.05, 3.63) is 0 Å². The Balaban J connectivity index is 0.